The molecule has 102 valence electrons. The van der Waals surface area contributed by atoms with Gasteiger partial charge in [0.15, 0.2) is 0 Å². The standard InChI is InChI=1S/C12H20N2O3S/c1-2-6-18-7-5-13-12(17)14-10-4-3-9(8-10)11(15)16/h2,9-10H,1,3-8H2,(H,15,16)(H2,13,14,17). The van der Waals surface area contributed by atoms with Crippen molar-refractivity contribution in [3.63, 3.8) is 0 Å². The Bertz CT molecular complexity index is 310. The lowest BCUT2D eigenvalue weighted by molar-refractivity contribution is -0.141. The van der Waals surface area contributed by atoms with Gasteiger partial charge in [-0.1, -0.05) is 6.08 Å². The minimum Gasteiger partial charge on any atom is -0.481 e. The van der Waals surface area contributed by atoms with Crippen LogP contribution in [0.15, 0.2) is 12.7 Å². The number of carbonyl (C=O) groups is 2. The Morgan fingerprint density at radius 2 is 2.22 bits per heavy atom. The number of aliphatic carboxylic acids is 1. The lowest BCUT2D eigenvalue weighted by Crippen LogP contribution is -2.42. The highest BCUT2D eigenvalue weighted by Gasteiger charge is 2.30. The van der Waals surface area contributed by atoms with E-state index in [1.165, 1.54) is 0 Å². The van der Waals surface area contributed by atoms with Gasteiger partial charge in [0.05, 0.1) is 5.92 Å². The average molecular weight is 272 g/mol. The number of hydrogen-bond acceptors (Lipinski definition) is 3. The third-order valence-electron chi connectivity index (χ3n) is 2.88. The van der Waals surface area contributed by atoms with Crippen LogP contribution >= 0.6 is 11.8 Å². The molecule has 5 nitrogen and oxygen atoms in total. The van der Waals surface area contributed by atoms with Crippen LogP contribution in [0.25, 0.3) is 0 Å². The molecule has 18 heavy (non-hydrogen) atoms. The van der Waals surface area contributed by atoms with Crippen LogP contribution in [0.1, 0.15) is 19.3 Å². The highest BCUT2D eigenvalue weighted by molar-refractivity contribution is 7.99. The Morgan fingerprint density at radius 3 is 2.83 bits per heavy atom. The summed E-state index contributed by atoms with van der Waals surface area (Å²) in [6.07, 6.45) is 3.76. The Morgan fingerprint density at radius 1 is 1.44 bits per heavy atom. The Hall–Kier alpha value is -1.17. The summed E-state index contributed by atoms with van der Waals surface area (Å²) < 4.78 is 0. The molecule has 0 radical (unpaired) electrons. The SMILES string of the molecule is C=CCSCCNC(=O)NC1CCC(C(=O)O)C1. The molecule has 3 N–H and O–H groups in total. The van der Waals surface area contributed by atoms with E-state index in [9.17, 15) is 9.59 Å². The third-order valence-corrected chi connectivity index (χ3v) is 3.85. The number of amides is 2. The van der Waals surface area contributed by atoms with Crippen molar-refractivity contribution in [3.05, 3.63) is 12.7 Å². The van der Waals surface area contributed by atoms with Crippen molar-refractivity contribution in [1.82, 2.24) is 10.6 Å². The largest absolute Gasteiger partial charge is 0.481 e. The molecule has 2 atom stereocenters. The zero-order valence-corrected chi connectivity index (χ0v) is 11.2. The lowest BCUT2D eigenvalue weighted by atomic mass is 10.1. The maximum Gasteiger partial charge on any atom is 0.315 e. The maximum absolute atomic E-state index is 11.5. The van der Waals surface area contributed by atoms with Crippen molar-refractivity contribution < 1.29 is 14.7 Å². The molecule has 0 aromatic carbocycles. The van der Waals surface area contributed by atoms with Crippen LogP contribution in [0.3, 0.4) is 0 Å². The van der Waals surface area contributed by atoms with Crippen LogP contribution in [0.2, 0.25) is 0 Å². The number of thioether (sulfide) groups is 1. The van der Waals surface area contributed by atoms with Gasteiger partial charge in [-0.2, -0.15) is 11.8 Å². The quantitative estimate of drug-likeness (QED) is 0.484. The Labute approximate surface area is 111 Å². The number of urea groups is 1. The predicted octanol–water partition coefficient (Wildman–Crippen LogP) is 1.46. The number of nitrogens with one attached hydrogen (secondary N) is 2. The van der Waals surface area contributed by atoms with Crippen molar-refractivity contribution in [3.8, 4) is 0 Å². The van der Waals surface area contributed by atoms with E-state index in [4.69, 9.17) is 5.11 Å². The van der Waals surface area contributed by atoms with Gasteiger partial charge in [-0.05, 0) is 19.3 Å². The molecule has 1 fully saturated rings. The molecule has 0 spiro atoms. The van der Waals surface area contributed by atoms with E-state index in [1.807, 2.05) is 6.08 Å². The van der Waals surface area contributed by atoms with E-state index in [0.29, 0.717) is 19.4 Å². The smallest absolute Gasteiger partial charge is 0.315 e. The molecule has 2 amide bonds. The van der Waals surface area contributed by atoms with Gasteiger partial charge in [-0.15, -0.1) is 6.58 Å². The number of rotatable bonds is 7. The van der Waals surface area contributed by atoms with Crippen molar-refractivity contribution in [2.75, 3.05) is 18.1 Å². The molecule has 6 heteroatoms. The number of carboxylic acids is 1. The molecular formula is C12H20N2O3S. The fourth-order valence-electron chi connectivity index (χ4n) is 1.98. The molecule has 0 heterocycles. The first-order valence-corrected chi connectivity index (χ1v) is 7.24. The zero-order chi connectivity index (χ0) is 13.4. The molecule has 0 saturated heterocycles. The van der Waals surface area contributed by atoms with E-state index in [1.54, 1.807) is 11.8 Å². The highest BCUT2D eigenvalue weighted by atomic mass is 32.2. The van der Waals surface area contributed by atoms with E-state index in [-0.39, 0.29) is 18.0 Å². The summed E-state index contributed by atoms with van der Waals surface area (Å²) in [6, 6.07) is -0.211. The summed E-state index contributed by atoms with van der Waals surface area (Å²) in [5.74, 6) is 0.660. The second-order valence-electron chi connectivity index (χ2n) is 4.31. The van der Waals surface area contributed by atoms with Crippen LogP contribution in [0, 0.1) is 5.92 Å². The number of carboxylic acid groups (broad SMARTS) is 1. The van der Waals surface area contributed by atoms with E-state index >= 15 is 0 Å². The number of carbonyl (C=O) groups excluding carboxylic acids is 1. The van der Waals surface area contributed by atoms with Gasteiger partial charge in [-0.3, -0.25) is 4.79 Å². The minimum absolute atomic E-state index is 0.00747. The zero-order valence-electron chi connectivity index (χ0n) is 10.4. The van der Waals surface area contributed by atoms with Crippen LogP contribution in [-0.4, -0.2) is 41.2 Å². The Balaban J connectivity index is 2.10. The van der Waals surface area contributed by atoms with Gasteiger partial charge < -0.3 is 15.7 Å². The first-order valence-electron chi connectivity index (χ1n) is 6.09. The van der Waals surface area contributed by atoms with Crippen molar-refractivity contribution in [2.45, 2.75) is 25.3 Å². The molecule has 0 aromatic heterocycles. The first kappa shape index (κ1) is 14.9. The van der Waals surface area contributed by atoms with Crippen LogP contribution in [0.4, 0.5) is 4.79 Å². The molecule has 1 aliphatic carbocycles. The molecular weight excluding hydrogens is 252 g/mol. The van der Waals surface area contributed by atoms with Crippen molar-refractivity contribution >= 4 is 23.8 Å². The van der Waals surface area contributed by atoms with E-state index in [0.717, 1.165) is 17.9 Å². The fraction of sp³-hybridized carbons (Fsp3) is 0.667. The Kier molecular flexibility index (Phi) is 6.64. The molecule has 1 saturated carbocycles. The van der Waals surface area contributed by atoms with E-state index in [2.05, 4.69) is 17.2 Å². The minimum atomic E-state index is -0.763. The molecule has 1 rings (SSSR count). The lowest BCUT2D eigenvalue weighted by Gasteiger charge is -2.13. The van der Waals surface area contributed by atoms with Crippen molar-refractivity contribution in [2.24, 2.45) is 5.92 Å². The normalized spacial score (nSPS) is 22.4. The summed E-state index contributed by atoms with van der Waals surface area (Å²) in [5.41, 5.74) is 0. The van der Waals surface area contributed by atoms with Gasteiger partial charge in [0.1, 0.15) is 0 Å². The third kappa shape index (κ3) is 5.44. The van der Waals surface area contributed by atoms with Crippen LogP contribution < -0.4 is 10.6 Å². The summed E-state index contributed by atoms with van der Waals surface area (Å²) in [6.45, 7) is 4.23. The summed E-state index contributed by atoms with van der Waals surface area (Å²) in [7, 11) is 0. The van der Waals surface area contributed by atoms with Gasteiger partial charge in [0, 0.05) is 24.1 Å². The summed E-state index contributed by atoms with van der Waals surface area (Å²) in [5, 5.41) is 14.4. The maximum atomic E-state index is 11.5. The fourth-order valence-corrected chi connectivity index (χ4v) is 2.56. The van der Waals surface area contributed by atoms with Gasteiger partial charge in [0.2, 0.25) is 0 Å². The van der Waals surface area contributed by atoms with E-state index < -0.39 is 5.97 Å². The predicted molar refractivity (Wildman–Crippen MR) is 72.8 cm³/mol. The summed E-state index contributed by atoms with van der Waals surface area (Å²) in [4.78, 5) is 22.3. The van der Waals surface area contributed by atoms with Gasteiger partial charge >= 0.3 is 12.0 Å². The monoisotopic (exact) mass is 272 g/mol. The van der Waals surface area contributed by atoms with Gasteiger partial charge in [0.25, 0.3) is 0 Å². The molecule has 0 bridgehead atoms. The topological polar surface area (TPSA) is 78.4 Å². The molecule has 0 aromatic rings. The number of hydrogen-bond donors (Lipinski definition) is 3. The molecule has 2 unspecified atom stereocenters. The van der Waals surface area contributed by atoms with Crippen LogP contribution in [0.5, 0.6) is 0 Å². The van der Waals surface area contributed by atoms with Crippen molar-refractivity contribution in [1.29, 1.82) is 0 Å². The van der Waals surface area contributed by atoms with Crippen LogP contribution in [-0.2, 0) is 4.79 Å². The van der Waals surface area contributed by atoms with Gasteiger partial charge in [-0.25, -0.2) is 4.79 Å². The first-order chi connectivity index (χ1) is 8.63. The molecule has 0 aliphatic heterocycles. The molecule has 1 aliphatic rings. The highest BCUT2D eigenvalue weighted by Crippen LogP contribution is 2.25. The average Bonchev–Trinajstić information content (AvgIpc) is 2.77. The second kappa shape index (κ2) is 8.02. The summed E-state index contributed by atoms with van der Waals surface area (Å²) >= 11 is 1.70. The second-order valence-corrected chi connectivity index (χ2v) is 5.46.